The van der Waals surface area contributed by atoms with Crippen molar-refractivity contribution in [2.24, 2.45) is 0 Å². The van der Waals surface area contributed by atoms with Gasteiger partial charge in [0.15, 0.2) is 0 Å². The molecule has 1 aliphatic rings. The SMILES string of the molecule is CCS(=O)(=O)Nc1ccc(C2(C(=O)NCc3ccc(F)cc3)CCC2)cc1. The highest BCUT2D eigenvalue weighted by atomic mass is 32.2. The molecule has 0 bridgehead atoms. The van der Waals surface area contributed by atoms with Gasteiger partial charge in [-0.15, -0.1) is 0 Å². The predicted octanol–water partition coefficient (Wildman–Crippen LogP) is 3.33. The minimum absolute atomic E-state index is 0.00444. The number of rotatable bonds is 7. The van der Waals surface area contributed by atoms with Crippen molar-refractivity contribution in [2.75, 3.05) is 10.5 Å². The molecule has 7 heteroatoms. The second-order valence-corrected chi connectivity index (χ2v) is 8.84. The first-order valence-corrected chi connectivity index (χ1v) is 10.6. The molecule has 0 heterocycles. The number of sulfonamides is 1. The lowest BCUT2D eigenvalue weighted by molar-refractivity contribution is -0.130. The van der Waals surface area contributed by atoms with E-state index in [9.17, 15) is 17.6 Å². The lowest BCUT2D eigenvalue weighted by Gasteiger charge is -2.40. The van der Waals surface area contributed by atoms with Gasteiger partial charge in [-0.25, -0.2) is 12.8 Å². The molecule has 1 amide bonds. The Balaban J connectivity index is 1.70. The van der Waals surface area contributed by atoms with Gasteiger partial charge in [-0.2, -0.15) is 0 Å². The van der Waals surface area contributed by atoms with Crippen molar-refractivity contribution < 1.29 is 17.6 Å². The average molecular weight is 390 g/mol. The molecule has 0 aliphatic heterocycles. The van der Waals surface area contributed by atoms with E-state index < -0.39 is 15.4 Å². The second kappa shape index (κ2) is 7.68. The van der Waals surface area contributed by atoms with Crippen LogP contribution in [0.3, 0.4) is 0 Å². The summed E-state index contributed by atoms with van der Waals surface area (Å²) in [5.74, 6) is -0.357. The van der Waals surface area contributed by atoms with Gasteiger partial charge in [0.05, 0.1) is 11.2 Å². The number of halogens is 1. The van der Waals surface area contributed by atoms with Crippen LogP contribution in [0.5, 0.6) is 0 Å². The van der Waals surface area contributed by atoms with Crippen molar-refractivity contribution in [3.05, 3.63) is 65.5 Å². The third-order valence-corrected chi connectivity index (χ3v) is 6.41. The van der Waals surface area contributed by atoms with E-state index in [2.05, 4.69) is 10.0 Å². The number of anilines is 1. The summed E-state index contributed by atoms with van der Waals surface area (Å²) >= 11 is 0. The lowest BCUT2D eigenvalue weighted by Crippen LogP contribution is -2.49. The molecule has 0 unspecified atom stereocenters. The summed E-state index contributed by atoms with van der Waals surface area (Å²) in [5, 5.41) is 2.95. The van der Waals surface area contributed by atoms with E-state index in [-0.39, 0.29) is 17.5 Å². The molecule has 2 aromatic carbocycles. The Morgan fingerprint density at radius 1 is 1.07 bits per heavy atom. The van der Waals surface area contributed by atoms with Crippen molar-refractivity contribution in [1.82, 2.24) is 5.32 Å². The maximum atomic E-state index is 13.0. The molecule has 0 atom stereocenters. The van der Waals surface area contributed by atoms with Crippen molar-refractivity contribution in [3.8, 4) is 0 Å². The third kappa shape index (κ3) is 4.30. The average Bonchev–Trinajstić information content (AvgIpc) is 2.61. The number of benzene rings is 2. The van der Waals surface area contributed by atoms with Crippen LogP contribution in [0.1, 0.15) is 37.3 Å². The van der Waals surface area contributed by atoms with Crippen molar-refractivity contribution >= 4 is 21.6 Å². The minimum Gasteiger partial charge on any atom is -0.351 e. The molecule has 144 valence electrons. The Bertz CT molecular complexity index is 905. The minimum atomic E-state index is -3.33. The summed E-state index contributed by atoms with van der Waals surface area (Å²) < 4.78 is 38.8. The maximum Gasteiger partial charge on any atom is 0.232 e. The summed E-state index contributed by atoms with van der Waals surface area (Å²) in [6.07, 6.45) is 2.47. The van der Waals surface area contributed by atoms with Crippen LogP contribution in [0, 0.1) is 5.82 Å². The van der Waals surface area contributed by atoms with E-state index in [1.807, 2.05) is 12.1 Å². The maximum absolute atomic E-state index is 13.0. The van der Waals surface area contributed by atoms with Gasteiger partial charge in [-0.05, 0) is 55.2 Å². The first kappa shape index (κ1) is 19.4. The quantitative estimate of drug-likeness (QED) is 0.761. The molecule has 27 heavy (non-hydrogen) atoms. The molecular formula is C20H23FN2O3S. The summed E-state index contributed by atoms with van der Waals surface area (Å²) in [7, 11) is -3.33. The van der Waals surface area contributed by atoms with Gasteiger partial charge in [-0.3, -0.25) is 9.52 Å². The van der Waals surface area contributed by atoms with Crippen molar-refractivity contribution in [1.29, 1.82) is 0 Å². The molecule has 0 spiro atoms. The van der Waals surface area contributed by atoms with E-state index in [0.29, 0.717) is 12.2 Å². The van der Waals surface area contributed by atoms with Crippen LogP contribution in [0.2, 0.25) is 0 Å². The van der Waals surface area contributed by atoms with Crippen LogP contribution >= 0.6 is 0 Å². The molecule has 0 saturated heterocycles. The molecule has 1 fully saturated rings. The molecule has 2 aromatic rings. The topological polar surface area (TPSA) is 75.3 Å². The van der Waals surface area contributed by atoms with Crippen molar-refractivity contribution in [3.63, 3.8) is 0 Å². The Labute approximate surface area is 159 Å². The number of hydrogen-bond acceptors (Lipinski definition) is 3. The highest BCUT2D eigenvalue weighted by Gasteiger charge is 2.45. The standard InChI is InChI=1S/C20H23FN2O3S/c1-2-27(25,26)23-18-10-6-16(7-11-18)20(12-3-13-20)19(24)22-14-15-4-8-17(21)9-5-15/h4-11,23H,2-3,12-14H2,1H3,(H,22,24). The molecule has 5 nitrogen and oxygen atoms in total. The zero-order valence-electron chi connectivity index (χ0n) is 15.2. The number of nitrogens with one attached hydrogen (secondary N) is 2. The zero-order valence-corrected chi connectivity index (χ0v) is 16.0. The van der Waals surface area contributed by atoms with E-state index in [4.69, 9.17) is 0 Å². The monoisotopic (exact) mass is 390 g/mol. The van der Waals surface area contributed by atoms with Crippen molar-refractivity contribution in [2.45, 2.75) is 38.1 Å². The highest BCUT2D eigenvalue weighted by Crippen LogP contribution is 2.44. The normalized spacial score (nSPS) is 15.6. The molecule has 1 saturated carbocycles. The summed E-state index contributed by atoms with van der Waals surface area (Å²) in [6.45, 7) is 1.92. The van der Waals surface area contributed by atoms with Gasteiger partial charge in [0, 0.05) is 12.2 Å². The van der Waals surface area contributed by atoms with Crippen LogP contribution in [0.15, 0.2) is 48.5 Å². The zero-order chi connectivity index (χ0) is 19.5. The summed E-state index contributed by atoms with van der Waals surface area (Å²) in [5.41, 5.74) is 1.62. The first-order chi connectivity index (χ1) is 12.8. The Morgan fingerprint density at radius 2 is 1.70 bits per heavy atom. The largest absolute Gasteiger partial charge is 0.351 e. The van der Waals surface area contributed by atoms with Gasteiger partial charge in [0.1, 0.15) is 5.82 Å². The number of carbonyl (C=O) groups excluding carboxylic acids is 1. The number of amides is 1. The molecule has 0 radical (unpaired) electrons. The third-order valence-electron chi connectivity index (χ3n) is 5.10. The van der Waals surface area contributed by atoms with Crippen LogP contribution < -0.4 is 10.0 Å². The van der Waals surface area contributed by atoms with Gasteiger partial charge in [-0.1, -0.05) is 30.7 Å². The van der Waals surface area contributed by atoms with E-state index >= 15 is 0 Å². The molecule has 1 aliphatic carbocycles. The Kier molecular flexibility index (Phi) is 5.51. The molecular weight excluding hydrogens is 367 g/mol. The Morgan fingerprint density at radius 3 is 2.22 bits per heavy atom. The van der Waals surface area contributed by atoms with Gasteiger partial charge < -0.3 is 5.32 Å². The summed E-state index contributed by atoms with van der Waals surface area (Å²) in [6, 6.07) is 13.0. The highest BCUT2D eigenvalue weighted by molar-refractivity contribution is 7.92. The first-order valence-electron chi connectivity index (χ1n) is 8.98. The fourth-order valence-electron chi connectivity index (χ4n) is 3.24. The fourth-order valence-corrected chi connectivity index (χ4v) is 3.88. The predicted molar refractivity (Wildman–Crippen MR) is 103 cm³/mol. The molecule has 0 aromatic heterocycles. The number of carbonyl (C=O) groups is 1. The van der Waals surface area contributed by atoms with E-state index in [1.54, 1.807) is 31.2 Å². The summed E-state index contributed by atoms with van der Waals surface area (Å²) in [4.78, 5) is 12.9. The van der Waals surface area contributed by atoms with E-state index in [1.165, 1.54) is 12.1 Å². The van der Waals surface area contributed by atoms with Gasteiger partial charge >= 0.3 is 0 Å². The number of hydrogen-bond donors (Lipinski definition) is 2. The van der Waals surface area contributed by atoms with Crippen LogP contribution in [-0.2, 0) is 26.8 Å². The molecule has 3 rings (SSSR count). The van der Waals surface area contributed by atoms with E-state index in [0.717, 1.165) is 30.4 Å². The smallest absolute Gasteiger partial charge is 0.232 e. The van der Waals surface area contributed by atoms with Crippen LogP contribution in [0.4, 0.5) is 10.1 Å². The van der Waals surface area contributed by atoms with Crippen LogP contribution in [0.25, 0.3) is 0 Å². The van der Waals surface area contributed by atoms with Crippen LogP contribution in [-0.4, -0.2) is 20.1 Å². The molecule has 2 N–H and O–H groups in total. The van der Waals surface area contributed by atoms with Gasteiger partial charge in [0.2, 0.25) is 15.9 Å². The second-order valence-electron chi connectivity index (χ2n) is 6.83. The lowest BCUT2D eigenvalue weighted by atomic mass is 9.63. The fraction of sp³-hybridized carbons (Fsp3) is 0.350. The van der Waals surface area contributed by atoms with Gasteiger partial charge in [0.25, 0.3) is 0 Å². The Hall–Kier alpha value is -2.41.